The SMILES string of the molecule is Cc1ccc(C)c(-c2[nH]ncc2[C@H]2CC(=O)Nc3cc4c(cc32)NC(=O)CO4)c1. The molecule has 0 fully saturated rings. The van der Waals surface area contributed by atoms with Crippen LogP contribution in [0.4, 0.5) is 11.4 Å². The van der Waals surface area contributed by atoms with Crippen LogP contribution in [-0.4, -0.2) is 28.6 Å². The molecule has 7 heteroatoms. The number of carbonyl (C=O) groups excluding carboxylic acids is 2. The predicted molar refractivity (Wildman–Crippen MR) is 109 cm³/mol. The number of fused-ring (bicyclic) bond motifs is 2. The van der Waals surface area contributed by atoms with Crippen molar-refractivity contribution >= 4 is 23.2 Å². The van der Waals surface area contributed by atoms with Crippen molar-refractivity contribution < 1.29 is 14.3 Å². The van der Waals surface area contributed by atoms with E-state index in [-0.39, 0.29) is 24.3 Å². The molecule has 2 aliphatic heterocycles. The smallest absolute Gasteiger partial charge is 0.262 e. The van der Waals surface area contributed by atoms with Gasteiger partial charge < -0.3 is 15.4 Å². The molecule has 0 saturated heterocycles. The molecule has 2 aromatic carbocycles. The summed E-state index contributed by atoms with van der Waals surface area (Å²) in [5.41, 5.74) is 7.48. The van der Waals surface area contributed by atoms with Gasteiger partial charge >= 0.3 is 0 Å². The highest BCUT2D eigenvalue weighted by Gasteiger charge is 2.32. The Balaban J connectivity index is 1.65. The summed E-state index contributed by atoms with van der Waals surface area (Å²) in [6.07, 6.45) is 2.09. The number of aromatic nitrogens is 2. The van der Waals surface area contributed by atoms with Crippen LogP contribution in [0.25, 0.3) is 11.3 Å². The topological polar surface area (TPSA) is 96.1 Å². The van der Waals surface area contributed by atoms with E-state index in [9.17, 15) is 9.59 Å². The molecule has 5 rings (SSSR count). The van der Waals surface area contributed by atoms with E-state index in [1.165, 1.54) is 0 Å². The van der Waals surface area contributed by atoms with E-state index in [1.807, 2.05) is 6.07 Å². The molecule has 0 aliphatic carbocycles. The molecule has 0 unspecified atom stereocenters. The van der Waals surface area contributed by atoms with Crippen molar-refractivity contribution in [1.82, 2.24) is 10.2 Å². The van der Waals surface area contributed by atoms with Gasteiger partial charge in [-0.05, 0) is 37.1 Å². The number of amides is 2. The van der Waals surface area contributed by atoms with Gasteiger partial charge in [0.15, 0.2) is 6.61 Å². The lowest BCUT2D eigenvalue weighted by Gasteiger charge is -2.29. The van der Waals surface area contributed by atoms with Crippen molar-refractivity contribution in [3.63, 3.8) is 0 Å². The number of benzene rings is 2. The Morgan fingerprint density at radius 3 is 2.69 bits per heavy atom. The van der Waals surface area contributed by atoms with E-state index < -0.39 is 0 Å². The minimum absolute atomic E-state index is 0.0261. The van der Waals surface area contributed by atoms with Crippen molar-refractivity contribution in [2.75, 3.05) is 17.2 Å². The van der Waals surface area contributed by atoms with E-state index in [1.54, 1.807) is 12.3 Å². The summed E-state index contributed by atoms with van der Waals surface area (Å²) in [5, 5.41) is 13.2. The Labute approximate surface area is 167 Å². The number of carbonyl (C=O) groups is 2. The lowest BCUT2D eigenvalue weighted by atomic mass is 9.83. The van der Waals surface area contributed by atoms with Crippen LogP contribution in [0.1, 0.15) is 34.6 Å². The Morgan fingerprint density at radius 2 is 1.83 bits per heavy atom. The van der Waals surface area contributed by atoms with Crippen molar-refractivity contribution in [3.05, 3.63) is 58.8 Å². The summed E-state index contributed by atoms with van der Waals surface area (Å²) in [6, 6.07) is 9.96. The van der Waals surface area contributed by atoms with Gasteiger partial charge in [0.25, 0.3) is 5.91 Å². The third-order valence-corrected chi connectivity index (χ3v) is 5.53. The first-order valence-electron chi connectivity index (χ1n) is 9.51. The van der Waals surface area contributed by atoms with Crippen molar-refractivity contribution in [1.29, 1.82) is 0 Å². The monoisotopic (exact) mass is 388 g/mol. The highest BCUT2D eigenvalue weighted by atomic mass is 16.5. The maximum atomic E-state index is 12.5. The fraction of sp³-hybridized carbons (Fsp3) is 0.227. The van der Waals surface area contributed by atoms with Crippen molar-refractivity contribution in [2.24, 2.45) is 0 Å². The predicted octanol–water partition coefficient (Wildman–Crippen LogP) is 3.50. The molecule has 2 amide bonds. The van der Waals surface area contributed by atoms with Crippen LogP contribution in [0.3, 0.4) is 0 Å². The molecule has 29 heavy (non-hydrogen) atoms. The molecule has 2 aliphatic rings. The molecular weight excluding hydrogens is 368 g/mol. The van der Waals surface area contributed by atoms with Gasteiger partial charge in [-0.25, -0.2) is 0 Å². The Bertz CT molecular complexity index is 1160. The van der Waals surface area contributed by atoms with Gasteiger partial charge in [0.2, 0.25) is 5.91 Å². The van der Waals surface area contributed by atoms with Gasteiger partial charge in [-0.3, -0.25) is 14.7 Å². The molecule has 1 atom stereocenters. The summed E-state index contributed by atoms with van der Waals surface area (Å²) in [5.74, 6) is 0.131. The van der Waals surface area contributed by atoms with Crippen molar-refractivity contribution in [3.8, 4) is 17.0 Å². The molecule has 0 radical (unpaired) electrons. The number of aryl methyl sites for hydroxylation is 2. The maximum absolute atomic E-state index is 12.5. The van der Waals surface area contributed by atoms with Crippen LogP contribution in [0, 0.1) is 13.8 Å². The summed E-state index contributed by atoms with van der Waals surface area (Å²) < 4.78 is 5.50. The second-order valence-electron chi connectivity index (χ2n) is 7.60. The molecule has 0 spiro atoms. The number of H-pyrrole nitrogens is 1. The first kappa shape index (κ1) is 17.5. The lowest BCUT2D eigenvalue weighted by Crippen LogP contribution is -2.28. The quantitative estimate of drug-likeness (QED) is 0.626. The van der Waals surface area contributed by atoms with Crippen molar-refractivity contribution in [2.45, 2.75) is 26.2 Å². The molecule has 3 aromatic rings. The van der Waals surface area contributed by atoms with Gasteiger partial charge in [-0.2, -0.15) is 5.10 Å². The highest BCUT2D eigenvalue weighted by molar-refractivity contribution is 6.00. The Kier molecular flexibility index (Phi) is 3.91. The number of aromatic amines is 1. The van der Waals surface area contributed by atoms with Crippen LogP contribution < -0.4 is 15.4 Å². The van der Waals surface area contributed by atoms with Gasteiger partial charge in [0, 0.05) is 35.2 Å². The number of hydrogen-bond donors (Lipinski definition) is 3. The zero-order valence-electron chi connectivity index (χ0n) is 16.1. The zero-order valence-corrected chi connectivity index (χ0v) is 16.1. The fourth-order valence-electron chi connectivity index (χ4n) is 4.09. The van der Waals surface area contributed by atoms with Gasteiger partial charge in [-0.15, -0.1) is 0 Å². The number of nitrogens with one attached hydrogen (secondary N) is 3. The zero-order chi connectivity index (χ0) is 20.1. The summed E-state index contributed by atoms with van der Waals surface area (Å²) in [4.78, 5) is 24.2. The second kappa shape index (κ2) is 6.48. The number of anilines is 2. The molecule has 146 valence electrons. The second-order valence-corrected chi connectivity index (χ2v) is 7.60. The molecule has 0 saturated carbocycles. The first-order chi connectivity index (χ1) is 14.0. The summed E-state index contributed by atoms with van der Waals surface area (Å²) >= 11 is 0. The van der Waals surface area contributed by atoms with Crippen LogP contribution in [-0.2, 0) is 9.59 Å². The molecule has 0 bridgehead atoms. The minimum Gasteiger partial charge on any atom is -0.482 e. The average molecular weight is 388 g/mol. The fourth-order valence-corrected chi connectivity index (χ4v) is 4.09. The van der Waals surface area contributed by atoms with Gasteiger partial charge in [-0.1, -0.05) is 17.7 Å². The average Bonchev–Trinajstić information content (AvgIpc) is 3.17. The van der Waals surface area contributed by atoms with Crippen LogP contribution in [0.5, 0.6) is 5.75 Å². The van der Waals surface area contributed by atoms with Gasteiger partial charge in [0.1, 0.15) is 5.75 Å². The third kappa shape index (κ3) is 2.95. The lowest BCUT2D eigenvalue weighted by molar-refractivity contribution is -0.119. The van der Waals surface area contributed by atoms with E-state index in [0.29, 0.717) is 23.5 Å². The summed E-state index contributed by atoms with van der Waals surface area (Å²) in [7, 11) is 0. The number of rotatable bonds is 2. The molecule has 3 N–H and O–H groups in total. The van der Waals surface area contributed by atoms with Gasteiger partial charge in [0.05, 0.1) is 17.6 Å². The standard InChI is InChI=1S/C22H20N4O3/c1-11-3-4-12(2)13(5-11)22-16(9-23-26-22)14-7-20(27)24-17-8-19-18(6-15(14)17)25-21(28)10-29-19/h3-6,8-9,14H,7,10H2,1-2H3,(H,23,26)(H,24,27)(H,25,28)/t14-/m0/s1. The highest BCUT2D eigenvalue weighted by Crippen LogP contribution is 2.45. The number of hydrogen-bond acceptors (Lipinski definition) is 4. The van der Waals surface area contributed by atoms with Crippen LogP contribution in [0.2, 0.25) is 0 Å². The molecule has 7 nitrogen and oxygen atoms in total. The van der Waals surface area contributed by atoms with E-state index in [2.05, 4.69) is 52.9 Å². The first-order valence-corrected chi connectivity index (χ1v) is 9.51. The van der Waals surface area contributed by atoms with Crippen LogP contribution in [0.15, 0.2) is 36.5 Å². The molecule has 1 aromatic heterocycles. The summed E-state index contributed by atoms with van der Waals surface area (Å²) in [6.45, 7) is 4.09. The largest absolute Gasteiger partial charge is 0.482 e. The van der Waals surface area contributed by atoms with E-state index >= 15 is 0 Å². The third-order valence-electron chi connectivity index (χ3n) is 5.53. The minimum atomic E-state index is -0.187. The number of ether oxygens (including phenoxy) is 1. The maximum Gasteiger partial charge on any atom is 0.262 e. The molecule has 3 heterocycles. The van der Waals surface area contributed by atoms with E-state index in [4.69, 9.17) is 4.74 Å². The Hall–Kier alpha value is -3.61. The van der Waals surface area contributed by atoms with E-state index in [0.717, 1.165) is 33.5 Å². The normalized spacial score (nSPS) is 17.7. The van der Waals surface area contributed by atoms with Crippen LogP contribution >= 0.6 is 0 Å². The Morgan fingerprint density at radius 1 is 1.00 bits per heavy atom. The molecular formula is C22H20N4O3. The number of nitrogens with zero attached hydrogens (tertiary/aromatic N) is 1.